The number of rotatable bonds is 4. The van der Waals surface area contributed by atoms with Crippen molar-refractivity contribution in [3.8, 4) is 0 Å². The lowest BCUT2D eigenvalue weighted by molar-refractivity contribution is 0.194. The molecular weight excluding hydrogens is 248 g/mol. The van der Waals surface area contributed by atoms with Crippen molar-refractivity contribution in [3.05, 3.63) is 54.1 Å². The van der Waals surface area contributed by atoms with Gasteiger partial charge in [0.05, 0.1) is 0 Å². The van der Waals surface area contributed by atoms with Gasteiger partial charge in [-0.1, -0.05) is 30.3 Å². The van der Waals surface area contributed by atoms with Crippen LogP contribution in [-0.2, 0) is 6.54 Å². The molecule has 0 spiro atoms. The Morgan fingerprint density at radius 1 is 1.25 bits per heavy atom. The fraction of sp³-hybridized carbons (Fsp3) is 0.438. The Morgan fingerprint density at radius 3 is 2.85 bits per heavy atom. The van der Waals surface area contributed by atoms with Crippen molar-refractivity contribution >= 4 is 0 Å². The molecule has 1 atom stereocenters. The second kappa shape index (κ2) is 6.20. The first-order valence-electron chi connectivity index (χ1n) is 7.31. The minimum Gasteiger partial charge on any atom is -0.334 e. The Morgan fingerprint density at radius 2 is 2.10 bits per heavy atom. The van der Waals surface area contributed by atoms with Crippen LogP contribution in [0.1, 0.15) is 17.4 Å². The lowest BCUT2D eigenvalue weighted by Gasteiger charge is -2.34. The highest BCUT2D eigenvalue weighted by atomic mass is 15.2. The Kier molecular flexibility index (Phi) is 4.14. The van der Waals surface area contributed by atoms with Gasteiger partial charge in [-0.2, -0.15) is 0 Å². The van der Waals surface area contributed by atoms with E-state index in [1.807, 2.05) is 6.20 Å². The molecular formula is C16H22N4. The molecule has 0 saturated carbocycles. The molecule has 4 nitrogen and oxygen atoms in total. The maximum atomic E-state index is 4.28. The van der Waals surface area contributed by atoms with Gasteiger partial charge < -0.3 is 9.88 Å². The minimum atomic E-state index is 0.453. The summed E-state index contributed by atoms with van der Waals surface area (Å²) in [6.07, 6.45) is 3.94. The standard InChI is InChI=1S/C16H22N4/c1-14-17-8-10-20(14)12-11-19-9-7-18-16(13-19)15-5-3-2-4-6-15/h2-6,8,10,16,18H,7,9,11-13H2,1H3. The van der Waals surface area contributed by atoms with E-state index in [1.165, 1.54) is 5.56 Å². The molecule has 1 fully saturated rings. The number of aryl methyl sites for hydroxylation is 1. The molecule has 1 aromatic heterocycles. The van der Waals surface area contributed by atoms with Crippen molar-refractivity contribution in [2.24, 2.45) is 0 Å². The van der Waals surface area contributed by atoms with Crippen molar-refractivity contribution < 1.29 is 0 Å². The van der Waals surface area contributed by atoms with Crippen LogP contribution in [0.3, 0.4) is 0 Å². The van der Waals surface area contributed by atoms with Gasteiger partial charge in [-0.3, -0.25) is 4.90 Å². The van der Waals surface area contributed by atoms with Crippen LogP contribution in [0.2, 0.25) is 0 Å². The average Bonchev–Trinajstić information content (AvgIpc) is 2.92. The summed E-state index contributed by atoms with van der Waals surface area (Å²) < 4.78 is 2.22. The third-order valence-electron chi connectivity index (χ3n) is 4.04. The largest absolute Gasteiger partial charge is 0.334 e. The van der Waals surface area contributed by atoms with E-state index in [1.54, 1.807) is 0 Å². The molecule has 0 aliphatic carbocycles. The monoisotopic (exact) mass is 270 g/mol. The van der Waals surface area contributed by atoms with Crippen LogP contribution >= 0.6 is 0 Å². The molecule has 0 radical (unpaired) electrons. The van der Waals surface area contributed by atoms with Crippen LogP contribution in [-0.4, -0.2) is 40.6 Å². The highest BCUT2D eigenvalue weighted by Gasteiger charge is 2.20. The van der Waals surface area contributed by atoms with Gasteiger partial charge in [0.1, 0.15) is 5.82 Å². The van der Waals surface area contributed by atoms with Crippen molar-refractivity contribution in [2.75, 3.05) is 26.2 Å². The zero-order valence-electron chi connectivity index (χ0n) is 12.0. The van der Waals surface area contributed by atoms with E-state index >= 15 is 0 Å². The summed E-state index contributed by atoms with van der Waals surface area (Å²) in [7, 11) is 0. The molecule has 1 unspecified atom stereocenters. The Bertz CT molecular complexity index is 534. The van der Waals surface area contributed by atoms with E-state index in [0.717, 1.165) is 38.5 Å². The third-order valence-corrected chi connectivity index (χ3v) is 4.04. The highest BCUT2D eigenvalue weighted by Crippen LogP contribution is 2.16. The fourth-order valence-electron chi connectivity index (χ4n) is 2.81. The number of hydrogen-bond acceptors (Lipinski definition) is 3. The second-order valence-electron chi connectivity index (χ2n) is 5.39. The van der Waals surface area contributed by atoms with E-state index in [9.17, 15) is 0 Å². The molecule has 2 aromatic rings. The first-order chi connectivity index (χ1) is 9.83. The topological polar surface area (TPSA) is 33.1 Å². The normalized spacial score (nSPS) is 20.1. The lowest BCUT2D eigenvalue weighted by atomic mass is 10.0. The summed E-state index contributed by atoms with van der Waals surface area (Å²) in [5, 5.41) is 3.61. The van der Waals surface area contributed by atoms with E-state index in [2.05, 4.69) is 63.2 Å². The molecule has 1 N–H and O–H groups in total. The van der Waals surface area contributed by atoms with E-state index < -0.39 is 0 Å². The Hall–Kier alpha value is -1.65. The summed E-state index contributed by atoms with van der Waals surface area (Å²) in [6.45, 7) is 7.43. The number of nitrogens with one attached hydrogen (secondary N) is 1. The van der Waals surface area contributed by atoms with Gasteiger partial charge in [0.2, 0.25) is 0 Å². The molecule has 2 heterocycles. The fourth-order valence-corrected chi connectivity index (χ4v) is 2.81. The molecule has 4 heteroatoms. The van der Waals surface area contributed by atoms with Crippen LogP contribution < -0.4 is 5.32 Å². The third kappa shape index (κ3) is 3.08. The number of nitrogens with zero attached hydrogens (tertiary/aromatic N) is 3. The molecule has 1 aliphatic rings. The number of aromatic nitrogens is 2. The Balaban J connectivity index is 1.57. The first kappa shape index (κ1) is 13.3. The molecule has 0 amide bonds. The van der Waals surface area contributed by atoms with Crippen LogP contribution in [0.5, 0.6) is 0 Å². The van der Waals surface area contributed by atoms with Crippen LogP contribution in [0.25, 0.3) is 0 Å². The summed E-state index contributed by atoms with van der Waals surface area (Å²) in [6, 6.07) is 11.2. The van der Waals surface area contributed by atoms with Crippen molar-refractivity contribution in [2.45, 2.75) is 19.5 Å². The van der Waals surface area contributed by atoms with E-state index in [0.29, 0.717) is 6.04 Å². The summed E-state index contributed by atoms with van der Waals surface area (Å²) in [5.74, 6) is 1.10. The summed E-state index contributed by atoms with van der Waals surface area (Å²) in [4.78, 5) is 6.81. The van der Waals surface area contributed by atoms with E-state index in [4.69, 9.17) is 0 Å². The lowest BCUT2D eigenvalue weighted by Crippen LogP contribution is -2.46. The van der Waals surface area contributed by atoms with Gasteiger partial charge >= 0.3 is 0 Å². The predicted molar refractivity (Wildman–Crippen MR) is 80.6 cm³/mol. The molecule has 1 aliphatic heterocycles. The average molecular weight is 270 g/mol. The number of benzene rings is 1. The number of hydrogen-bond donors (Lipinski definition) is 1. The smallest absolute Gasteiger partial charge is 0.105 e. The quantitative estimate of drug-likeness (QED) is 0.920. The Labute approximate surface area is 120 Å². The van der Waals surface area contributed by atoms with Gasteiger partial charge in [-0.25, -0.2) is 4.98 Å². The maximum Gasteiger partial charge on any atom is 0.105 e. The summed E-state index contributed by atoms with van der Waals surface area (Å²) >= 11 is 0. The number of piperazine rings is 1. The van der Waals surface area contributed by atoms with Crippen molar-refractivity contribution in [1.82, 2.24) is 19.8 Å². The highest BCUT2D eigenvalue weighted by molar-refractivity contribution is 5.19. The van der Waals surface area contributed by atoms with Crippen LogP contribution in [0.4, 0.5) is 0 Å². The molecule has 20 heavy (non-hydrogen) atoms. The number of imidazole rings is 1. The zero-order chi connectivity index (χ0) is 13.8. The predicted octanol–water partition coefficient (Wildman–Crippen LogP) is 1.84. The SMILES string of the molecule is Cc1nccn1CCN1CCNC(c2ccccc2)C1. The molecule has 0 bridgehead atoms. The second-order valence-corrected chi connectivity index (χ2v) is 5.39. The molecule has 1 aromatic carbocycles. The maximum absolute atomic E-state index is 4.28. The van der Waals surface area contributed by atoms with Crippen molar-refractivity contribution in [1.29, 1.82) is 0 Å². The molecule has 1 saturated heterocycles. The van der Waals surface area contributed by atoms with Gasteiger partial charge in [-0.15, -0.1) is 0 Å². The van der Waals surface area contributed by atoms with E-state index in [-0.39, 0.29) is 0 Å². The van der Waals surface area contributed by atoms with Gasteiger partial charge in [-0.05, 0) is 12.5 Å². The minimum absolute atomic E-state index is 0.453. The van der Waals surface area contributed by atoms with Gasteiger partial charge in [0.15, 0.2) is 0 Å². The van der Waals surface area contributed by atoms with Crippen molar-refractivity contribution in [3.63, 3.8) is 0 Å². The molecule has 3 rings (SSSR count). The first-order valence-corrected chi connectivity index (χ1v) is 7.31. The molecule has 106 valence electrons. The zero-order valence-corrected chi connectivity index (χ0v) is 12.0. The summed E-state index contributed by atoms with van der Waals surface area (Å²) in [5.41, 5.74) is 1.39. The van der Waals surface area contributed by atoms with Crippen LogP contribution in [0, 0.1) is 6.92 Å². The van der Waals surface area contributed by atoms with Gasteiger partial charge in [0, 0.05) is 51.2 Å². The van der Waals surface area contributed by atoms with Crippen LogP contribution in [0.15, 0.2) is 42.7 Å². The van der Waals surface area contributed by atoms with Gasteiger partial charge in [0.25, 0.3) is 0 Å².